The minimum absolute atomic E-state index is 0.0655. The van der Waals surface area contributed by atoms with Crippen LogP contribution in [0.5, 0.6) is 0 Å². The first-order chi connectivity index (χ1) is 9.69. The van der Waals surface area contributed by atoms with Crippen LogP contribution in [0.3, 0.4) is 0 Å². The smallest absolute Gasteiger partial charge is 0.0983 e. The Hall–Kier alpha value is -0.380. The predicted molar refractivity (Wildman–Crippen MR) is 85.9 cm³/mol. The van der Waals surface area contributed by atoms with Crippen molar-refractivity contribution in [2.45, 2.75) is 63.2 Å². The normalized spacial score (nSPS) is 30.1. The van der Waals surface area contributed by atoms with Crippen molar-refractivity contribution in [3.63, 3.8) is 0 Å². The lowest BCUT2D eigenvalue weighted by Crippen LogP contribution is -2.54. The third kappa shape index (κ3) is 3.10. The van der Waals surface area contributed by atoms with Crippen molar-refractivity contribution in [3.05, 3.63) is 34.3 Å². The highest BCUT2D eigenvalue weighted by Crippen LogP contribution is 2.39. The monoisotopic (exact) mass is 337 g/mol. The Labute approximate surface area is 130 Å². The summed E-state index contributed by atoms with van der Waals surface area (Å²) in [7, 11) is 0. The molecule has 2 unspecified atom stereocenters. The molecule has 1 heterocycles. The summed E-state index contributed by atoms with van der Waals surface area (Å²) in [5, 5.41) is 3.70. The average molecular weight is 338 g/mol. The average Bonchev–Trinajstić information content (AvgIpc) is 2.68. The molecule has 1 aromatic rings. The molecule has 2 fully saturated rings. The van der Waals surface area contributed by atoms with Crippen molar-refractivity contribution in [3.8, 4) is 0 Å². The van der Waals surface area contributed by atoms with Gasteiger partial charge in [-0.15, -0.1) is 0 Å². The van der Waals surface area contributed by atoms with Gasteiger partial charge in [-0.05, 0) is 37.5 Å². The maximum atomic E-state index is 6.66. The number of benzene rings is 1. The molecule has 110 valence electrons. The predicted octanol–water partition coefficient (Wildman–Crippen LogP) is 4.59. The Morgan fingerprint density at radius 2 is 1.95 bits per heavy atom. The van der Waals surface area contributed by atoms with E-state index in [1.165, 1.54) is 44.1 Å². The van der Waals surface area contributed by atoms with Gasteiger partial charge in [-0.25, -0.2) is 0 Å². The molecule has 20 heavy (non-hydrogen) atoms. The van der Waals surface area contributed by atoms with Crippen molar-refractivity contribution < 1.29 is 4.74 Å². The van der Waals surface area contributed by atoms with Crippen molar-refractivity contribution in [2.24, 2.45) is 0 Å². The quantitative estimate of drug-likeness (QED) is 0.809. The molecule has 3 rings (SSSR count). The molecule has 1 aliphatic heterocycles. The minimum Gasteiger partial charge on any atom is -0.364 e. The van der Waals surface area contributed by atoms with E-state index < -0.39 is 0 Å². The molecule has 1 saturated heterocycles. The lowest BCUT2D eigenvalue weighted by atomic mass is 9.89. The van der Waals surface area contributed by atoms with Crippen LogP contribution in [0.1, 0.15) is 57.1 Å². The molecule has 1 N–H and O–H groups in total. The van der Waals surface area contributed by atoms with Gasteiger partial charge in [0.1, 0.15) is 0 Å². The van der Waals surface area contributed by atoms with Crippen LogP contribution in [-0.2, 0) is 4.74 Å². The van der Waals surface area contributed by atoms with Gasteiger partial charge >= 0.3 is 0 Å². The van der Waals surface area contributed by atoms with E-state index in [0.29, 0.717) is 6.04 Å². The summed E-state index contributed by atoms with van der Waals surface area (Å²) in [5.41, 5.74) is 1.35. The standard InChI is InChI=1S/C17H24BrNO/c1-13-16(14-7-6-8-15(18)11-14)20-17(12-19-13)9-4-2-3-5-10-17/h6-8,11,13,16,19H,2-5,9-10,12H2,1H3. The molecule has 3 heteroatoms. The van der Waals surface area contributed by atoms with E-state index >= 15 is 0 Å². The third-order valence-electron chi connectivity index (χ3n) is 4.77. The van der Waals surface area contributed by atoms with Crippen LogP contribution in [0.4, 0.5) is 0 Å². The summed E-state index contributed by atoms with van der Waals surface area (Å²) >= 11 is 3.57. The lowest BCUT2D eigenvalue weighted by Gasteiger charge is -2.45. The van der Waals surface area contributed by atoms with Gasteiger partial charge in [0.25, 0.3) is 0 Å². The number of halogens is 1. The number of ether oxygens (including phenoxy) is 1. The summed E-state index contributed by atoms with van der Waals surface area (Å²) in [4.78, 5) is 0. The molecule has 0 amide bonds. The zero-order valence-electron chi connectivity index (χ0n) is 12.2. The largest absolute Gasteiger partial charge is 0.364 e. The fourth-order valence-electron chi connectivity index (χ4n) is 3.57. The molecule has 1 aliphatic carbocycles. The summed E-state index contributed by atoms with van der Waals surface area (Å²) in [6.45, 7) is 3.24. The SMILES string of the molecule is CC1NCC2(CCCCCC2)OC1c1cccc(Br)c1. The molecular weight excluding hydrogens is 314 g/mol. The van der Waals surface area contributed by atoms with Crippen molar-refractivity contribution in [2.75, 3.05) is 6.54 Å². The highest BCUT2D eigenvalue weighted by Gasteiger charge is 2.40. The Balaban J connectivity index is 1.82. The van der Waals surface area contributed by atoms with Crippen LogP contribution in [-0.4, -0.2) is 18.2 Å². The number of hydrogen-bond acceptors (Lipinski definition) is 2. The second-order valence-corrected chi connectivity index (χ2v) is 7.28. The molecule has 1 spiro atoms. The van der Waals surface area contributed by atoms with Gasteiger partial charge in [0, 0.05) is 17.1 Å². The van der Waals surface area contributed by atoms with Crippen LogP contribution < -0.4 is 5.32 Å². The van der Waals surface area contributed by atoms with Gasteiger partial charge in [0.05, 0.1) is 11.7 Å². The van der Waals surface area contributed by atoms with Crippen LogP contribution in [0, 0.1) is 0 Å². The van der Waals surface area contributed by atoms with E-state index in [2.05, 4.69) is 52.4 Å². The first-order valence-corrected chi connectivity index (χ1v) is 8.65. The van der Waals surface area contributed by atoms with Gasteiger partial charge in [-0.3, -0.25) is 0 Å². The summed E-state index contributed by atoms with van der Waals surface area (Å²) in [6.07, 6.45) is 7.92. The Bertz CT molecular complexity index is 454. The van der Waals surface area contributed by atoms with Crippen LogP contribution >= 0.6 is 15.9 Å². The van der Waals surface area contributed by atoms with Crippen molar-refractivity contribution >= 4 is 15.9 Å². The summed E-state index contributed by atoms with van der Waals surface area (Å²) in [5.74, 6) is 0. The van der Waals surface area contributed by atoms with Gasteiger partial charge in [0.15, 0.2) is 0 Å². The fraction of sp³-hybridized carbons (Fsp3) is 0.647. The van der Waals surface area contributed by atoms with Crippen molar-refractivity contribution in [1.82, 2.24) is 5.32 Å². The zero-order chi connectivity index (χ0) is 14.0. The molecule has 0 radical (unpaired) electrons. The molecule has 1 saturated carbocycles. The highest BCUT2D eigenvalue weighted by atomic mass is 79.9. The molecule has 2 nitrogen and oxygen atoms in total. The van der Waals surface area contributed by atoms with Gasteiger partial charge in [0.2, 0.25) is 0 Å². The third-order valence-corrected chi connectivity index (χ3v) is 5.26. The van der Waals surface area contributed by atoms with Crippen LogP contribution in [0.25, 0.3) is 0 Å². The van der Waals surface area contributed by atoms with Crippen LogP contribution in [0.15, 0.2) is 28.7 Å². The van der Waals surface area contributed by atoms with E-state index in [1.807, 2.05) is 0 Å². The first kappa shape index (κ1) is 14.6. The number of nitrogens with one attached hydrogen (secondary N) is 1. The van der Waals surface area contributed by atoms with Crippen LogP contribution in [0.2, 0.25) is 0 Å². The molecule has 2 aliphatic rings. The Morgan fingerprint density at radius 1 is 1.20 bits per heavy atom. The zero-order valence-corrected chi connectivity index (χ0v) is 13.8. The van der Waals surface area contributed by atoms with Gasteiger partial charge in [-0.1, -0.05) is 53.7 Å². The molecular formula is C17H24BrNO. The lowest BCUT2D eigenvalue weighted by molar-refractivity contribution is -0.142. The topological polar surface area (TPSA) is 21.3 Å². The van der Waals surface area contributed by atoms with E-state index in [9.17, 15) is 0 Å². The number of hydrogen-bond donors (Lipinski definition) is 1. The van der Waals surface area contributed by atoms with E-state index in [1.54, 1.807) is 0 Å². The van der Waals surface area contributed by atoms with Gasteiger partial charge < -0.3 is 10.1 Å². The summed E-state index contributed by atoms with van der Waals surface area (Å²) in [6, 6.07) is 8.93. The summed E-state index contributed by atoms with van der Waals surface area (Å²) < 4.78 is 7.80. The van der Waals surface area contributed by atoms with E-state index in [4.69, 9.17) is 4.74 Å². The van der Waals surface area contributed by atoms with E-state index in [0.717, 1.165) is 11.0 Å². The first-order valence-electron chi connectivity index (χ1n) is 7.85. The maximum absolute atomic E-state index is 6.66. The Morgan fingerprint density at radius 3 is 2.65 bits per heavy atom. The maximum Gasteiger partial charge on any atom is 0.0983 e. The Kier molecular flexibility index (Phi) is 4.49. The van der Waals surface area contributed by atoms with Crippen molar-refractivity contribution in [1.29, 1.82) is 0 Å². The minimum atomic E-state index is 0.0655. The van der Waals surface area contributed by atoms with Gasteiger partial charge in [-0.2, -0.15) is 0 Å². The highest BCUT2D eigenvalue weighted by molar-refractivity contribution is 9.10. The molecule has 2 atom stereocenters. The molecule has 1 aromatic carbocycles. The van der Waals surface area contributed by atoms with E-state index in [-0.39, 0.29) is 11.7 Å². The number of morpholine rings is 1. The number of rotatable bonds is 1. The fourth-order valence-corrected chi connectivity index (χ4v) is 3.99. The second kappa shape index (κ2) is 6.17. The molecule has 0 aromatic heterocycles. The molecule has 0 bridgehead atoms. The second-order valence-electron chi connectivity index (χ2n) is 6.36.